The fourth-order valence-corrected chi connectivity index (χ4v) is 5.03. The van der Waals surface area contributed by atoms with Crippen LogP contribution >= 0.6 is 0 Å². The van der Waals surface area contributed by atoms with E-state index in [0.717, 1.165) is 23.1 Å². The van der Waals surface area contributed by atoms with Crippen molar-refractivity contribution in [3.05, 3.63) is 94.3 Å². The number of carbonyl (C=O) groups excluding carboxylic acids is 2. The van der Waals surface area contributed by atoms with Crippen LogP contribution in [0.15, 0.2) is 60.7 Å². The first kappa shape index (κ1) is 21.9. The van der Waals surface area contributed by atoms with Gasteiger partial charge in [-0.15, -0.1) is 0 Å². The number of carbonyl (C=O) groups is 2. The van der Waals surface area contributed by atoms with Gasteiger partial charge in [0, 0.05) is 18.7 Å². The lowest BCUT2D eigenvalue weighted by atomic mass is 9.75. The molecule has 0 fully saturated rings. The quantitative estimate of drug-likeness (QED) is 0.625. The van der Waals surface area contributed by atoms with E-state index in [2.05, 4.69) is 11.4 Å². The molecule has 2 aliphatic rings. The first-order valence-corrected chi connectivity index (χ1v) is 11.2. The zero-order valence-corrected chi connectivity index (χ0v) is 19.0. The highest BCUT2D eigenvalue weighted by molar-refractivity contribution is 6.02. The summed E-state index contributed by atoms with van der Waals surface area (Å²) in [5.74, 6) is -0.409. The second-order valence-electron chi connectivity index (χ2n) is 8.51. The molecule has 1 N–H and O–H groups in total. The molecule has 2 aliphatic heterocycles. The Bertz CT molecular complexity index is 1260. The number of benzene rings is 3. The highest BCUT2D eigenvalue weighted by atomic mass is 19.1. The van der Waals surface area contributed by atoms with E-state index in [-0.39, 0.29) is 24.2 Å². The van der Waals surface area contributed by atoms with Crippen LogP contribution < -0.4 is 14.8 Å². The summed E-state index contributed by atoms with van der Waals surface area (Å²) in [5.41, 5.74) is 3.95. The molecule has 2 atom stereocenters. The first-order chi connectivity index (χ1) is 16.5. The summed E-state index contributed by atoms with van der Waals surface area (Å²) < 4.78 is 24.2. The monoisotopic (exact) mass is 460 g/mol. The number of amides is 2. The maximum absolute atomic E-state index is 13.7. The Morgan fingerprint density at radius 1 is 1.03 bits per heavy atom. The SMILES string of the molecule is COc1cc2c(cc1OC)[C@H](C(=O)NCc1ccc(F)cc1)[C@@H]1c3ccccc3CCN1C2=O. The molecule has 5 rings (SSSR count). The lowest BCUT2D eigenvalue weighted by Crippen LogP contribution is -2.50. The van der Waals surface area contributed by atoms with Gasteiger partial charge in [0.15, 0.2) is 11.5 Å². The Kier molecular flexibility index (Phi) is 5.69. The minimum Gasteiger partial charge on any atom is -0.493 e. The van der Waals surface area contributed by atoms with Crippen LogP contribution in [-0.2, 0) is 17.8 Å². The van der Waals surface area contributed by atoms with Crippen molar-refractivity contribution in [2.45, 2.75) is 24.9 Å². The maximum Gasteiger partial charge on any atom is 0.254 e. The van der Waals surface area contributed by atoms with Gasteiger partial charge in [-0.05, 0) is 52.9 Å². The van der Waals surface area contributed by atoms with Crippen LogP contribution in [-0.4, -0.2) is 37.5 Å². The summed E-state index contributed by atoms with van der Waals surface area (Å²) in [7, 11) is 3.05. The predicted octanol–water partition coefficient (Wildman–Crippen LogP) is 4.00. The van der Waals surface area contributed by atoms with Crippen LogP contribution in [0.2, 0.25) is 0 Å². The van der Waals surface area contributed by atoms with Crippen molar-refractivity contribution < 1.29 is 23.5 Å². The summed E-state index contributed by atoms with van der Waals surface area (Å²) in [5, 5.41) is 3.00. The Morgan fingerprint density at radius 3 is 2.47 bits per heavy atom. The van der Waals surface area contributed by atoms with Crippen molar-refractivity contribution >= 4 is 11.8 Å². The number of ether oxygens (including phenoxy) is 2. The van der Waals surface area contributed by atoms with E-state index in [0.29, 0.717) is 29.2 Å². The molecule has 0 radical (unpaired) electrons. The molecule has 7 heteroatoms. The Hall–Kier alpha value is -3.87. The van der Waals surface area contributed by atoms with Crippen molar-refractivity contribution in [1.29, 1.82) is 0 Å². The third kappa shape index (κ3) is 3.67. The molecule has 3 aromatic rings. The average molecular weight is 461 g/mol. The molecule has 6 nitrogen and oxygen atoms in total. The molecule has 0 aliphatic carbocycles. The molecule has 174 valence electrons. The largest absolute Gasteiger partial charge is 0.493 e. The van der Waals surface area contributed by atoms with Crippen molar-refractivity contribution in [2.75, 3.05) is 20.8 Å². The van der Waals surface area contributed by atoms with Crippen molar-refractivity contribution in [1.82, 2.24) is 10.2 Å². The van der Waals surface area contributed by atoms with Gasteiger partial charge >= 0.3 is 0 Å². The summed E-state index contributed by atoms with van der Waals surface area (Å²) in [6, 6.07) is 16.9. The lowest BCUT2D eigenvalue weighted by Gasteiger charge is -2.45. The van der Waals surface area contributed by atoms with Gasteiger partial charge in [-0.2, -0.15) is 0 Å². The third-order valence-corrected chi connectivity index (χ3v) is 6.69. The zero-order chi connectivity index (χ0) is 23.8. The van der Waals surface area contributed by atoms with Gasteiger partial charge in [0.05, 0.1) is 26.2 Å². The van der Waals surface area contributed by atoms with E-state index in [1.807, 2.05) is 18.2 Å². The summed E-state index contributed by atoms with van der Waals surface area (Å²) in [6.07, 6.45) is 0.727. The van der Waals surface area contributed by atoms with Crippen molar-refractivity contribution in [3.8, 4) is 11.5 Å². The third-order valence-electron chi connectivity index (χ3n) is 6.69. The summed E-state index contributed by atoms with van der Waals surface area (Å²) >= 11 is 0. The van der Waals surface area contributed by atoms with Gasteiger partial charge in [-0.25, -0.2) is 4.39 Å². The van der Waals surface area contributed by atoms with Gasteiger partial charge in [0.1, 0.15) is 5.82 Å². The van der Waals surface area contributed by atoms with E-state index in [1.54, 1.807) is 29.2 Å². The normalized spacial score (nSPS) is 18.4. The number of hydrogen-bond donors (Lipinski definition) is 1. The van der Waals surface area contributed by atoms with Crippen LogP contribution in [0, 0.1) is 5.82 Å². The maximum atomic E-state index is 13.7. The predicted molar refractivity (Wildman–Crippen MR) is 124 cm³/mol. The number of nitrogens with one attached hydrogen (secondary N) is 1. The van der Waals surface area contributed by atoms with E-state index in [1.165, 1.54) is 26.4 Å². The Balaban J connectivity index is 1.60. The second-order valence-corrected chi connectivity index (χ2v) is 8.51. The van der Waals surface area contributed by atoms with E-state index in [4.69, 9.17) is 9.47 Å². The molecule has 0 unspecified atom stereocenters. The average Bonchev–Trinajstić information content (AvgIpc) is 2.87. The number of nitrogens with zero attached hydrogens (tertiary/aromatic N) is 1. The van der Waals surface area contributed by atoms with Crippen molar-refractivity contribution in [3.63, 3.8) is 0 Å². The van der Waals surface area contributed by atoms with Crippen LogP contribution in [0.4, 0.5) is 4.39 Å². The fourth-order valence-electron chi connectivity index (χ4n) is 5.03. The van der Waals surface area contributed by atoms with Crippen LogP contribution in [0.25, 0.3) is 0 Å². The van der Waals surface area contributed by atoms with Crippen LogP contribution in [0.3, 0.4) is 0 Å². The Labute approximate surface area is 197 Å². The van der Waals surface area contributed by atoms with Gasteiger partial charge < -0.3 is 19.7 Å². The van der Waals surface area contributed by atoms with Gasteiger partial charge in [-0.1, -0.05) is 36.4 Å². The van der Waals surface area contributed by atoms with Crippen LogP contribution in [0.1, 0.15) is 44.6 Å². The minimum absolute atomic E-state index is 0.127. The number of rotatable bonds is 5. The Morgan fingerprint density at radius 2 is 1.74 bits per heavy atom. The molecular formula is C27H25FN2O4. The second kappa shape index (κ2) is 8.82. The molecule has 0 saturated heterocycles. The zero-order valence-electron chi connectivity index (χ0n) is 19.0. The van der Waals surface area contributed by atoms with Crippen LogP contribution in [0.5, 0.6) is 11.5 Å². The molecular weight excluding hydrogens is 435 g/mol. The topological polar surface area (TPSA) is 67.9 Å². The molecule has 3 aromatic carbocycles. The highest BCUT2D eigenvalue weighted by Crippen LogP contribution is 2.48. The van der Waals surface area contributed by atoms with Gasteiger partial charge in [-0.3, -0.25) is 9.59 Å². The van der Waals surface area contributed by atoms with E-state index in [9.17, 15) is 14.0 Å². The number of halogens is 1. The molecule has 34 heavy (non-hydrogen) atoms. The molecule has 2 heterocycles. The van der Waals surface area contributed by atoms with Gasteiger partial charge in [0.25, 0.3) is 5.91 Å². The summed E-state index contributed by atoms with van der Waals surface area (Å²) in [4.78, 5) is 29.1. The number of fused-ring (bicyclic) bond motifs is 4. The molecule has 0 spiro atoms. The van der Waals surface area contributed by atoms with Gasteiger partial charge in [0.2, 0.25) is 5.91 Å². The smallest absolute Gasteiger partial charge is 0.254 e. The molecule has 0 saturated carbocycles. The number of hydrogen-bond acceptors (Lipinski definition) is 4. The molecule has 0 aromatic heterocycles. The first-order valence-electron chi connectivity index (χ1n) is 11.2. The number of methoxy groups -OCH3 is 2. The fraction of sp³-hybridized carbons (Fsp3) is 0.259. The van der Waals surface area contributed by atoms with Crippen molar-refractivity contribution in [2.24, 2.45) is 0 Å². The highest BCUT2D eigenvalue weighted by Gasteiger charge is 2.46. The van der Waals surface area contributed by atoms with E-state index < -0.39 is 12.0 Å². The standard InChI is InChI=1S/C27H25FN2O4/c1-33-22-13-20-21(14-23(22)34-2)27(32)30-12-11-17-5-3-4-6-19(17)25(30)24(20)26(31)29-15-16-7-9-18(28)10-8-16/h3-10,13-14,24-25H,11-12,15H2,1-2H3,(H,29,31)/t24-,25-/m0/s1. The summed E-state index contributed by atoms with van der Waals surface area (Å²) in [6.45, 7) is 0.774. The minimum atomic E-state index is -0.644. The molecule has 2 amide bonds. The molecule has 0 bridgehead atoms. The van der Waals surface area contributed by atoms with E-state index >= 15 is 0 Å². The lowest BCUT2D eigenvalue weighted by molar-refractivity contribution is -0.124.